The van der Waals surface area contributed by atoms with Crippen molar-refractivity contribution in [2.24, 2.45) is 0 Å². The van der Waals surface area contributed by atoms with Crippen LogP contribution in [0.25, 0.3) is 22.3 Å². The second-order valence-electron chi connectivity index (χ2n) is 4.06. The highest BCUT2D eigenvalue weighted by atomic mass is 35.5. The molecule has 0 spiro atoms. The fourth-order valence-corrected chi connectivity index (χ4v) is 2.05. The third-order valence-corrected chi connectivity index (χ3v) is 3.10. The number of fused-ring (bicyclic) bond motifs is 1. The topological polar surface area (TPSA) is 45.8 Å². The Balaban J connectivity index is 2.25. The van der Waals surface area contributed by atoms with Crippen molar-refractivity contribution in [1.82, 2.24) is 9.97 Å². The number of rotatable bonds is 1. The van der Waals surface area contributed by atoms with Crippen molar-refractivity contribution >= 4 is 22.5 Å². The van der Waals surface area contributed by atoms with Gasteiger partial charge in [-0.2, -0.15) is 0 Å². The minimum Gasteiger partial charge on any atom is -0.306 e. The van der Waals surface area contributed by atoms with Crippen molar-refractivity contribution < 1.29 is 4.39 Å². The molecule has 94 valence electrons. The molecular weight excluding hydrogens is 267 g/mol. The zero-order valence-corrected chi connectivity index (χ0v) is 10.4. The minimum absolute atomic E-state index is 0.00620. The Morgan fingerprint density at radius 2 is 1.95 bits per heavy atom. The van der Waals surface area contributed by atoms with Crippen molar-refractivity contribution in [3.63, 3.8) is 0 Å². The Hall–Kier alpha value is -2.20. The monoisotopic (exact) mass is 274 g/mol. The Morgan fingerprint density at radius 1 is 1.16 bits per heavy atom. The average molecular weight is 275 g/mol. The zero-order chi connectivity index (χ0) is 13.4. The molecule has 1 aromatic heterocycles. The first-order valence-electron chi connectivity index (χ1n) is 5.59. The molecule has 3 aromatic rings. The number of aromatic nitrogens is 2. The lowest BCUT2D eigenvalue weighted by Crippen LogP contribution is -2.09. The van der Waals surface area contributed by atoms with Crippen LogP contribution in [-0.4, -0.2) is 9.97 Å². The van der Waals surface area contributed by atoms with E-state index in [2.05, 4.69) is 9.97 Å². The number of aromatic amines is 1. The first-order valence-corrected chi connectivity index (χ1v) is 5.97. The van der Waals surface area contributed by atoms with Crippen LogP contribution in [0.2, 0.25) is 5.02 Å². The van der Waals surface area contributed by atoms with Crippen LogP contribution >= 0.6 is 11.6 Å². The van der Waals surface area contributed by atoms with Crippen molar-refractivity contribution in [1.29, 1.82) is 0 Å². The molecule has 0 atom stereocenters. The van der Waals surface area contributed by atoms with Crippen LogP contribution in [0.5, 0.6) is 0 Å². The Morgan fingerprint density at radius 3 is 2.74 bits per heavy atom. The highest BCUT2D eigenvalue weighted by Gasteiger charge is 2.07. The molecule has 0 radical (unpaired) electrons. The molecule has 2 aromatic carbocycles. The van der Waals surface area contributed by atoms with E-state index in [1.165, 1.54) is 18.2 Å². The maximum atomic E-state index is 13.1. The highest BCUT2D eigenvalue weighted by Crippen LogP contribution is 2.22. The van der Waals surface area contributed by atoms with Gasteiger partial charge in [-0.05, 0) is 30.3 Å². The second kappa shape index (κ2) is 4.48. The van der Waals surface area contributed by atoms with E-state index < -0.39 is 5.82 Å². The predicted molar refractivity (Wildman–Crippen MR) is 72.8 cm³/mol. The van der Waals surface area contributed by atoms with Gasteiger partial charge in [-0.1, -0.05) is 23.7 Å². The van der Waals surface area contributed by atoms with E-state index in [-0.39, 0.29) is 10.6 Å². The third kappa shape index (κ3) is 2.11. The average Bonchev–Trinajstić information content (AvgIpc) is 2.42. The summed E-state index contributed by atoms with van der Waals surface area (Å²) in [6.07, 6.45) is 0. The van der Waals surface area contributed by atoms with Crippen molar-refractivity contribution in [2.75, 3.05) is 0 Å². The predicted octanol–water partition coefficient (Wildman–Crippen LogP) is 3.38. The number of hydrogen-bond donors (Lipinski definition) is 1. The molecule has 0 aliphatic heterocycles. The number of para-hydroxylation sites is 1. The summed E-state index contributed by atoms with van der Waals surface area (Å²) in [6.45, 7) is 0. The van der Waals surface area contributed by atoms with Gasteiger partial charge in [-0.25, -0.2) is 9.37 Å². The molecular formula is C14H8ClFN2O. The fraction of sp³-hybridized carbons (Fsp3) is 0. The summed E-state index contributed by atoms with van der Waals surface area (Å²) in [5.74, 6) is -0.140. The smallest absolute Gasteiger partial charge is 0.259 e. The molecule has 3 rings (SSSR count). The molecule has 0 unspecified atom stereocenters. The summed E-state index contributed by atoms with van der Waals surface area (Å²) >= 11 is 5.73. The van der Waals surface area contributed by atoms with E-state index in [4.69, 9.17) is 11.6 Å². The summed E-state index contributed by atoms with van der Waals surface area (Å²) in [5.41, 5.74) is 0.914. The molecule has 0 aliphatic carbocycles. The number of hydrogen-bond acceptors (Lipinski definition) is 2. The lowest BCUT2D eigenvalue weighted by Gasteiger charge is -2.04. The number of H-pyrrole nitrogens is 1. The van der Waals surface area contributed by atoms with Crippen molar-refractivity contribution in [2.45, 2.75) is 0 Å². The molecule has 1 N–H and O–H groups in total. The van der Waals surface area contributed by atoms with E-state index in [1.54, 1.807) is 24.3 Å². The molecule has 0 aliphatic rings. The molecule has 5 heteroatoms. The quantitative estimate of drug-likeness (QED) is 0.739. The van der Waals surface area contributed by atoms with E-state index >= 15 is 0 Å². The Bertz CT molecular complexity index is 829. The van der Waals surface area contributed by atoms with E-state index in [1.807, 2.05) is 0 Å². The third-order valence-electron chi connectivity index (χ3n) is 2.81. The molecule has 0 amide bonds. The van der Waals surface area contributed by atoms with Gasteiger partial charge in [0.15, 0.2) is 0 Å². The van der Waals surface area contributed by atoms with E-state index in [9.17, 15) is 9.18 Å². The molecule has 0 bridgehead atoms. The summed E-state index contributed by atoms with van der Waals surface area (Å²) in [5, 5.41) is 0.507. The lowest BCUT2D eigenvalue weighted by molar-refractivity contribution is 0.628. The normalized spacial score (nSPS) is 10.8. The van der Waals surface area contributed by atoms with Gasteiger partial charge in [0, 0.05) is 5.56 Å². The van der Waals surface area contributed by atoms with Crippen LogP contribution in [0.3, 0.4) is 0 Å². The summed E-state index contributed by atoms with van der Waals surface area (Å²) < 4.78 is 13.1. The maximum Gasteiger partial charge on any atom is 0.259 e. The minimum atomic E-state index is -0.506. The molecule has 0 saturated heterocycles. The van der Waals surface area contributed by atoms with Crippen LogP contribution in [0.4, 0.5) is 4.39 Å². The summed E-state index contributed by atoms with van der Waals surface area (Å²) in [4.78, 5) is 18.9. The van der Waals surface area contributed by atoms with Crippen LogP contribution < -0.4 is 5.56 Å². The van der Waals surface area contributed by atoms with Gasteiger partial charge < -0.3 is 4.98 Å². The van der Waals surface area contributed by atoms with Gasteiger partial charge in [-0.3, -0.25) is 4.79 Å². The Kier molecular flexibility index (Phi) is 2.80. The van der Waals surface area contributed by atoms with Crippen LogP contribution in [0.15, 0.2) is 47.3 Å². The van der Waals surface area contributed by atoms with Crippen LogP contribution in [0.1, 0.15) is 0 Å². The number of nitrogens with zero attached hydrogens (tertiary/aromatic N) is 1. The first kappa shape index (κ1) is 11.9. The maximum absolute atomic E-state index is 13.1. The first-order chi connectivity index (χ1) is 9.15. The van der Waals surface area contributed by atoms with Crippen molar-refractivity contribution in [3.8, 4) is 11.4 Å². The standard InChI is InChI=1S/C14H8ClFN2O/c15-10-7-8(5-6-11(10)16)13-17-12-4-2-1-3-9(12)14(19)18-13/h1-7H,(H,17,18,19). The fourth-order valence-electron chi connectivity index (χ4n) is 1.87. The van der Waals surface area contributed by atoms with Crippen LogP contribution in [0, 0.1) is 5.82 Å². The lowest BCUT2D eigenvalue weighted by atomic mass is 10.2. The summed E-state index contributed by atoms with van der Waals surface area (Å²) in [6, 6.07) is 11.2. The van der Waals surface area contributed by atoms with E-state index in [0.717, 1.165) is 0 Å². The SMILES string of the molecule is O=c1[nH]c(-c2ccc(F)c(Cl)c2)nc2ccccc12. The van der Waals surface area contributed by atoms with Crippen LogP contribution in [-0.2, 0) is 0 Å². The van der Waals surface area contributed by atoms with Gasteiger partial charge in [0.25, 0.3) is 5.56 Å². The number of benzene rings is 2. The van der Waals surface area contributed by atoms with Gasteiger partial charge >= 0.3 is 0 Å². The zero-order valence-electron chi connectivity index (χ0n) is 9.65. The van der Waals surface area contributed by atoms with Crippen molar-refractivity contribution in [3.05, 3.63) is 63.7 Å². The highest BCUT2D eigenvalue weighted by molar-refractivity contribution is 6.31. The molecule has 3 nitrogen and oxygen atoms in total. The molecule has 19 heavy (non-hydrogen) atoms. The van der Waals surface area contributed by atoms with Gasteiger partial charge in [-0.15, -0.1) is 0 Å². The molecule has 1 heterocycles. The summed E-state index contributed by atoms with van der Waals surface area (Å²) in [7, 11) is 0. The van der Waals surface area contributed by atoms with Gasteiger partial charge in [0.05, 0.1) is 15.9 Å². The van der Waals surface area contributed by atoms with E-state index in [0.29, 0.717) is 22.3 Å². The molecule has 0 saturated carbocycles. The number of nitrogens with one attached hydrogen (secondary N) is 1. The largest absolute Gasteiger partial charge is 0.306 e. The number of halogens is 2. The van der Waals surface area contributed by atoms with Gasteiger partial charge in [0.1, 0.15) is 11.6 Å². The second-order valence-corrected chi connectivity index (χ2v) is 4.47. The Labute approximate surface area is 112 Å². The molecule has 0 fully saturated rings. The van der Waals surface area contributed by atoms with Gasteiger partial charge in [0.2, 0.25) is 0 Å².